The number of carboxylic acid groups (broad SMARTS) is 1. The number of amides is 1. The molecule has 0 unspecified atom stereocenters. The maximum atomic E-state index is 15.1. The molecule has 1 N–H and O–H groups in total. The summed E-state index contributed by atoms with van der Waals surface area (Å²) >= 11 is 0. The van der Waals surface area contributed by atoms with E-state index in [4.69, 9.17) is 9.47 Å². The molecule has 1 aromatic heterocycles. The number of methoxy groups -OCH3 is 1. The number of anilines is 1. The van der Waals surface area contributed by atoms with Crippen LogP contribution in [0.1, 0.15) is 48.3 Å². The van der Waals surface area contributed by atoms with Crippen LogP contribution in [0.4, 0.5) is 14.6 Å². The predicted octanol–water partition coefficient (Wildman–Crippen LogP) is 5.57. The summed E-state index contributed by atoms with van der Waals surface area (Å²) in [6.07, 6.45) is 2.77. The van der Waals surface area contributed by atoms with Crippen molar-refractivity contribution in [1.29, 1.82) is 0 Å². The van der Waals surface area contributed by atoms with Crippen molar-refractivity contribution < 1.29 is 33.0 Å². The Morgan fingerprint density at radius 3 is 2.42 bits per heavy atom. The molecule has 8 nitrogen and oxygen atoms in total. The second kappa shape index (κ2) is 13.5. The predicted molar refractivity (Wildman–Crippen MR) is 158 cm³/mol. The second-order valence-corrected chi connectivity index (χ2v) is 11.3. The smallest absolute Gasteiger partial charge is 0.306 e. The first-order valence-corrected chi connectivity index (χ1v) is 14.7. The molecule has 1 amide bonds. The Labute approximate surface area is 250 Å². The van der Waals surface area contributed by atoms with Crippen molar-refractivity contribution in [1.82, 2.24) is 9.88 Å². The van der Waals surface area contributed by atoms with Crippen LogP contribution in [0.5, 0.6) is 5.75 Å². The highest BCUT2D eigenvalue weighted by molar-refractivity contribution is 5.77. The average Bonchev–Trinajstić information content (AvgIpc) is 3.01. The molecular weight excluding hydrogens is 556 g/mol. The maximum Gasteiger partial charge on any atom is 0.306 e. The summed E-state index contributed by atoms with van der Waals surface area (Å²) in [6, 6.07) is 13.5. The number of rotatable bonds is 9. The van der Waals surface area contributed by atoms with Gasteiger partial charge in [-0.2, -0.15) is 0 Å². The lowest BCUT2D eigenvalue weighted by molar-refractivity contribution is -0.142. The van der Waals surface area contributed by atoms with Gasteiger partial charge < -0.3 is 24.4 Å². The minimum absolute atomic E-state index is 0.0133. The normalized spacial score (nSPS) is 16.4. The fraction of sp³-hybridized carbons (Fsp3) is 0.424. The van der Waals surface area contributed by atoms with Gasteiger partial charge in [-0.15, -0.1) is 0 Å². The van der Waals surface area contributed by atoms with Gasteiger partial charge in [0.25, 0.3) is 0 Å². The Hall–Kier alpha value is -4.05. The number of likely N-dealkylation sites (tertiary alicyclic amines) is 1. The van der Waals surface area contributed by atoms with Crippen molar-refractivity contribution in [2.75, 3.05) is 44.8 Å². The van der Waals surface area contributed by atoms with Crippen LogP contribution in [-0.2, 0) is 20.9 Å². The Kier molecular flexibility index (Phi) is 9.55. The van der Waals surface area contributed by atoms with E-state index in [1.807, 2.05) is 28.9 Å². The highest BCUT2D eigenvalue weighted by atomic mass is 19.1. The van der Waals surface area contributed by atoms with Gasteiger partial charge in [-0.1, -0.05) is 24.3 Å². The zero-order chi connectivity index (χ0) is 30.5. The topological polar surface area (TPSA) is 92.2 Å². The average molecular weight is 594 g/mol. The third-order valence-electron chi connectivity index (χ3n) is 8.51. The minimum Gasteiger partial charge on any atom is -0.485 e. The lowest BCUT2D eigenvalue weighted by Gasteiger charge is -2.32. The zero-order valence-corrected chi connectivity index (χ0v) is 24.5. The van der Waals surface area contributed by atoms with Gasteiger partial charge in [0.05, 0.1) is 11.6 Å². The van der Waals surface area contributed by atoms with Gasteiger partial charge in [-0.05, 0) is 73.4 Å². The van der Waals surface area contributed by atoms with Crippen molar-refractivity contribution in [3.8, 4) is 17.0 Å². The van der Waals surface area contributed by atoms with E-state index in [-0.39, 0.29) is 36.4 Å². The third kappa shape index (κ3) is 7.13. The van der Waals surface area contributed by atoms with Gasteiger partial charge in [0, 0.05) is 44.9 Å². The van der Waals surface area contributed by atoms with Gasteiger partial charge in [0.2, 0.25) is 5.91 Å². The monoisotopic (exact) mass is 593 g/mol. The minimum atomic E-state index is -0.812. The number of benzene rings is 2. The molecule has 0 spiro atoms. The first kappa shape index (κ1) is 30.4. The maximum absolute atomic E-state index is 15.1. The number of carbonyl (C=O) groups excluding carboxylic acids is 1. The molecule has 0 radical (unpaired) electrons. The molecule has 2 aliphatic heterocycles. The van der Waals surface area contributed by atoms with Gasteiger partial charge in [-0.3, -0.25) is 9.59 Å². The van der Waals surface area contributed by atoms with Crippen LogP contribution in [0.15, 0.2) is 48.5 Å². The van der Waals surface area contributed by atoms with E-state index in [1.165, 1.54) is 18.7 Å². The van der Waals surface area contributed by atoms with E-state index in [9.17, 15) is 19.1 Å². The molecule has 2 fully saturated rings. The number of aromatic nitrogens is 1. The summed E-state index contributed by atoms with van der Waals surface area (Å²) in [5.74, 6) is -1.81. The van der Waals surface area contributed by atoms with Crippen LogP contribution in [-0.4, -0.2) is 66.8 Å². The van der Waals surface area contributed by atoms with E-state index < -0.39 is 17.6 Å². The number of carbonyl (C=O) groups is 2. The molecule has 0 atom stereocenters. The lowest BCUT2D eigenvalue weighted by Crippen LogP contribution is -2.39. The molecule has 3 heterocycles. The number of hydrogen-bond donors (Lipinski definition) is 1. The number of hydrogen-bond acceptors (Lipinski definition) is 6. The van der Waals surface area contributed by atoms with Gasteiger partial charge in [0.15, 0.2) is 11.6 Å². The van der Waals surface area contributed by atoms with Gasteiger partial charge in [0.1, 0.15) is 24.8 Å². The molecule has 228 valence electrons. The number of piperidine rings is 2. The van der Waals surface area contributed by atoms with Crippen LogP contribution in [0.25, 0.3) is 11.3 Å². The first-order valence-electron chi connectivity index (χ1n) is 14.7. The number of nitrogens with zero attached hydrogens (tertiary/aromatic N) is 3. The van der Waals surface area contributed by atoms with E-state index >= 15 is 4.39 Å². The van der Waals surface area contributed by atoms with Gasteiger partial charge in [-0.25, -0.2) is 13.8 Å². The summed E-state index contributed by atoms with van der Waals surface area (Å²) in [5, 5.41) is 9.30. The summed E-state index contributed by atoms with van der Waals surface area (Å²) in [4.78, 5) is 32.0. The van der Waals surface area contributed by atoms with E-state index in [2.05, 4.69) is 17.1 Å². The zero-order valence-electron chi connectivity index (χ0n) is 24.5. The summed E-state index contributed by atoms with van der Waals surface area (Å²) in [6.45, 7) is 4.64. The quantitative estimate of drug-likeness (QED) is 0.347. The van der Waals surface area contributed by atoms with E-state index in [0.717, 1.165) is 30.0 Å². The highest BCUT2D eigenvalue weighted by Crippen LogP contribution is 2.35. The van der Waals surface area contributed by atoms with Crippen molar-refractivity contribution >= 4 is 17.7 Å². The standard InChI is InChI=1S/C33H37F2N3O5/c1-21-16-24(22-8-14-38(15-9-22)31(39)20-42-2)6-7-25(21)19-43-32-27(17-26(34)18-28(32)35)29-4-3-5-30(36-29)37-12-10-23(11-13-37)33(40)41/h3-7,16-18,22-23H,8-15,19-20H2,1-2H3,(H,40,41). The Bertz CT molecular complexity index is 1470. The van der Waals surface area contributed by atoms with Crippen molar-refractivity contribution in [2.24, 2.45) is 5.92 Å². The SMILES string of the molecule is COCC(=O)N1CCC(c2ccc(COc3c(F)cc(F)cc3-c3cccc(N4CCC(C(=O)O)CC4)n3)c(C)c2)CC1. The van der Waals surface area contributed by atoms with Crippen molar-refractivity contribution in [3.05, 3.63) is 76.9 Å². The lowest BCUT2D eigenvalue weighted by atomic mass is 9.88. The molecule has 2 aromatic carbocycles. The van der Waals surface area contributed by atoms with Crippen LogP contribution in [0, 0.1) is 24.5 Å². The Morgan fingerprint density at radius 2 is 1.74 bits per heavy atom. The number of aryl methyl sites for hydroxylation is 1. The van der Waals surface area contributed by atoms with Crippen LogP contribution in [0.2, 0.25) is 0 Å². The second-order valence-electron chi connectivity index (χ2n) is 11.3. The first-order chi connectivity index (χ1) is 20.7. The molecule has 2 saturated heterocycles. The third-order valence-corrected chi connectivity index (χ3v) is 8.51. The van der Waals surface area contributed by atoms with E-state index in [0.29, 0.717) is 56.5 Å². The highest BCUT2D eigenvalue weighted by Gasteiger charge is 2.26. The molecule has 5 rings (SSSR count). The number of aliphatic carboxylic acids is 1. The molecule has 2 aliphatic rings. The van der Waals surface area contributed by atoms with Crippen LogP contribution >= 0.6 is 0 Å². The molecule has 43 heavy (non-hydrogen) atoms. The van der Waals surface area contributed by atoms with E-state index in [1.54, 1.807) is 12.1 Å². The number of ether oxygens (including phenoxy) is 2. The largest absolute Gasteiger partial charge is 0.485 e. The van der Waals surface area contributed by atoms with Crippen LogP contribution in [0.3, 0.4) is 0 Å². The Morgan fingerprint density at radius 1 is 1.00 bits per heavy atom. The summed E-state index contributed by atoms with van der Waals surface area (Å²) in [7, 11) is 1.52. The summed E-state index contributed by atoms with van der Waals surface area (Å²) in [5.41, 5.74) is 3.66. The molecule has 0 bridgehead atoms. The van der Waals surface area contributed by atoms with Crippen molar-refractivity contribution in [2.45, 2.75) is 45.1 Å². The molecule has 10 heteroatoms. The molecular formula is C33H37F2N3O5. The summed E-state index contributed by atoms with van der Waals surface area (Å²) < 4.78 is 40.5. The fourth-order valence-electron chi connectivity index (χ4n) is 5.96. The number of pyridine rings is 1. The van der Waals surface area contributed by atoms with Gasteiger partial charge >= 0.3 is 5.97 Å². The Balaban J connectivity index is 1.29. The molecule has 0 saturated carbocycles. The number of carboxylic acids is 1. The molecule has 3 aromatic rings. The van der Waals surface area contributed by atoms with Crippen molar-refractivity contribution in [3.63, 3.8) is 0 Å². The number of halogens is 2. The fourth-order valence-corrected chi connectivity index (χ4v) is 5.96. The van der Waals surface area contributed by atoms with Crippen LogP contribution < -0.4 is 9.64 Å². The molecule has 0 aliphatic carbocycles.